The molecule has 2 aliphatic rings. The molecular weight excluding hydrogens is 522 g/mol. The van der Waals surface area contributed by atoms with Crippen molar-refractivity contribution in [3.05, 3.63) is 134 Å². The van der Waals surface area contributed by atoms with Gasteiger partial charge in [-0.3, -0.25) is 15.0 Å². The van der Waals surface area contributed by atoms with Gasteiger partial charge in [0.15, 0.2) is 0 Å². The highest BCUT2D eigenvalue weighted by Crippen LogP contribution is 2.41. The molecule has 0 saturated carbocycles. The molecule has 0 aromatic heterocycles. The number of methoxy groups -OCH3 is 1. The summed E-state index contributed by atoms with van der Waals surface area (Å²) in [7, 11) is 1.26. The lowest BCUT2D eigenvalue weighted by atomic mass is 9.80. The average Bonchev–Trinajstić information content (AvgIpc) is 2.96. The van der Waals surface area contributed by atoms with Crippen LogP contribution in [0.4, 0.5) is 5.69 Å². The maximum atomic E-state index is 13.7. The molecule has 3 aromatic rings. The second-order valence-electron chi connectivity index (χ2n) is 10.2. The Morgan fingerprint density at radius 1 is 0.878 bits per heavy atom. The maximum absolute atomic E-state index is 13.7. The molecule has 9 heteroatoms. The molecule has 1 atom stereocenters. The molecule has 1 fully saturated rings. The first-order chi connectivity index (χ1) is 19.8. The monoisotopic (exact) mass is 553 g/mol. The summed E-state index contributed by atoms with van der Waals surface area (Å²) in [5.41, 5.74) is 4.02. The Hall–Kier alpha value is -4.76. The first-order valence-electron chi connectivity index (χ1n) is 13.3. The van der Waals surface area contributed by atoms with E-state index in [-0.39, 0.29) is 29.0 Å². The van der Waals surface area contributed by atoms with E-state index < -0.39 is 22.8 Å². The van der Waals surface area contributed by atoms with Crippen molar-refractivity contribution in [2.45, 2.75) is 31.9 Å². The van der Waals surface area contributed by atoms with Gasteiger partial charge < -0.3 is 14.8 Å². The highest BCUT2D eigenvalue weighted by atomic mass is 16.6. The van der Waals surface area contributed by atoms with Crippen LogP contribution in [0.2, 0.25) is 0 Å². The minimum atomic E-state index is -0.895. The Kier molecular flexibility index (Phi) is 7.98. The number of carbonyl (C=O) groups excluding carboxylic acids is 2. The third-order valence-corrected chi connectivity index (χ3v) is 7.55. The number of carbonyl (C=O) groups is 2. The molecule has 3 aromatic carbocycles. The van der Waals surface area contributed by atoms with E-state index in [0.717, 1.165) is 11.1 Å². The highest BCUT2D eigenvalue weighted by molar-refractivity contribution is 6.00. The molecule has 0 bridgehead atoms. The molecule has 0 spiro atoms. The van der Waals surface area contributed by atoms with Gasteiger partial charge in [-0.2, -0.15) is 0 Å². The molecule has 2 heterocycles. The van der Waals surface area contributed by atoms with Crippen LogP contribution in [0.25, 0.3) is 0 Å². The van der Waals surface area contributed by atoms with Crippen molar-refractivity contribution < 1.29 is 24.0 Å². The Bertz CT molecular complexity index is 1490. The summed E-state index contributed by atoms with van der Waals surface area (Å²) in [5, 5.41) is 14.6. The van der Waals surface area contributed by atoms with Gasteiger partial charge in [0.05, 0.1) is 35.1 Å². The van der Waals surface area contributed by atoms with E-state index in [2.05, 4.69) is 34.5 Å². The van der Waals surface area contributed by atoms with Crippen molar-refractivity contribution in [3.8, 4) is 0 Å². The zero-order valence-electron chi connectivity index (χ0n) is 23.1. The van der Waals surface area contributed by atoms with Gasteiger partial charge in [0.2, 0.25) is 0 Å². The largest absolute Gasteiger partial charge is 0.466 e. The summed E-state index contributed by atoms with van der Waals surface area (Å²) in [6.45, 7) is 4.49. The summed E-state index contributed by atoms with van der Waals surface area (Å²) in [4.78, 5) is 39.9. The van der Waals surface area contributed by atoms with E-state index in [0.29, 0.717) is 30.0 Å². The Labute approximate surface area is 238 Å². The number of nitrogens with zero attached hydrogens (tertiary/aromatic N) is 2. The van der Waals surface area contributed by atoms with Crippen molar-refractivity contribution in [1.82, 2.24) is 10.2 Å². The van der Waals surface area contributed by atoms with Crippen LogP contribution in [-0.2, 0) is 19.1 Å². The quantitative estimate of drug-likeness (QED) is 0.235. The number of nitrogens with one attached hydrogen (secondary N) is 1. The minimum absolute atomic E-state index is 0.0128. The summed E-state index contributed by atoms with van der Waals surface area (Å²) in [5.74, 6) is -2.11. The number of dihydropyridines is 1. The van der Waals surface area contributed by atoms with E-state index in [4.69, 9.17) is 9.47 Å². The van der Waals surface area contributed by atoms with Crippen LogP contribution in [0.15, 0.2) is 107 Å². The molecule has 0 aliphatic carbocycles. The Morgan fingerprint density at radius 2 is 1.44 bits per heavy atom. The molecule has 2 aliphatic heterocycles. The van der Waals surface area contributed by atoms with Crippen molar-refractivity contribution in [3.63, 3.8) is 0 Å². The number of nitro benzene ring substituents is 1. The van der Waals surface area contributed by atoms with E-state index >= 15 is 0 Å². The summed E-state index contributed by atoms with van der Waals surface area (Å²) >= 11 is 0. The number of hydrogen-bond donors (Lipinski definition) is 1. The lowest BCUT2D eigenvalue weighted by Crippen LogP contribution is -2.54. The van der Waals surface area contributed by atoms with Crippen LogP contribution in [-0.4, -0.2) is 48.1 Å². The molecule has 1 saturated heterocycles. The topological polar surface area (TPSA) is 111 Å². The van der Waals surface area contributed by atoms with Gasteiger partial charge in [-0.15, -0.1) is 0 Å². The van der Waals surface area contributed by atoms with Gasteiger partial charge in [0.25, 0.3) is 5.69 Å². The SMILES string of the molecule is COC(=O)C1=C(C)NC(C)=C(C(=O)OC2CN(C(c3ccccc3)c3ccccc3)C2)C1c1cccc([N+](=O)[O-])c1. The van der Waals surface area contributed by atoms with Crippen molar-refractivity contribution in [1.29, 1.82) is 0 Å². The Morgan fingerprint density at radius 3 is 1.98 bits per heavy atom. The number of hydrogen-bond acceptors (Lipinski definition) is 8. The normalized spacial score (nSPS) is 17.6. The fraction of sp³-hybridized carbons (Fsp3) is 0.250. The first kappa shape index (κ1) is 27.8. The smallest absolute Gasteiger partial charge is 0.337 e. The van der Waals surface area contributed by atoms with E-state index in [1.165, 1.54) is 25.3 Å². The zero-order valence-corrected chi connectivity index (χ0v) is 23.1. The number of likely N-dealkylation sites (tertiary alicyclic amines) is 1. The second kappa shape index (κ2) is 11.8. The summed E-state index contributed by atoms with van der Waals surface area (Å²) in [6.07, 6.45) is -0.364. The van der Waals surface area contributed by atoms with Gasteiger partial charge in [0, 0.05) is 36.6 Å². The van der Waals surface area contributed by atoms with Gasteiger partial charge in [-0.1, -0.05) is 72.8 Å². The lowest BCUT2D eigenvalue weighted by molar-refractivity contribution is -0.384. The van der Waals surface area contributed by atoms with Crippen molar-refractivity contribution in [2.24, 2.45) is 0 Å². The van der Waals surface area contributed by atoms with Crippen LogP contribution < -0.4 is 5.32 Å². The molecule has 0 radical (unpaired) electrons. The predicted molar refractivity (Wildman–Crippen MR) is 153 cm³/mol. The highest BCUT2D eigenvalue weighted by Gasteiger charge is 2.41. The molecule has 1 N–H and O–H groups in total. The minimum Gasteiger partial charge on any atom is -0.466 e. The molecular formula is C32H31N3O6. The Balaban J connectivity index is 1.40. The van der Waals surface area contributed by atoms with E-state index in [9.17, 15) is 19.7 Å². The predicted octanol–water partition coefficient (Wildman–Crippen LogP) is 5.02. The van der Waals surface area contributed by atoms with Crippen LogP contribution in [0.3, 0.4) is 0 Å². The third kappa shape index (κ3) is 5.62. The zero-order chi connectivity index (χ0) is 29.1. The number of ether oxygens (including phenoxy) is 2. The maximum Gasteiger partial charge on any atom is 0.337 e. The number of allylic oxidation sites excluding steroid dienone is 2. The van der Waals surface area contributed by atoms with Gasteiger partial charge >= 0.3 is 11.9 Å². The molecule has 9 nitrogen and oxygen atoms in total. The van der Waals surface area contributed by atoms with Crippen LogP contribution in [0, 0.1) is 10.1 Å². The number of esters is 2. The fourth-order valence-corrected chi connectivity index (χ4v) is 5.65. The molecule has 41 heavy (non-hydrogen) atoms. The fourth-order valence-electron chi connectivity index (χ4n) is 5.65. The van der Waals surface area contributed by atoms with Gasteiger partial charge in [-0.05, 0) is 30.5 Å². The average molecular weight is 554 g/mol. The third-order valence-electron chi connectivity index (χ3n) is 7.55. The van der Waals surface area contributed by atoms with Crippen molar-refractivity contribution >= 4 is 17.6 Å². The summed E-state index contributed by atoms with van der Waals surface area (Å²) < 4.78 is 11.0. The number of benzene rings is 3. The summed E-state index contributed by atoms with van der Waals surface area (Å²) in [6, 6.07) is 26.3. The number of non-ortho nitro benzene ring substituents is 1. The first-order valence-corrected chi connectivity index (χ1v) is 13.3. The van der Waals surface area contributed by atoms with E-state index in [1.807, 2.05) is 36.4 Å². The lowest BCUT2D eigenvalue weighted by Gasteiger charge is -2.44. The number of rotatable bonds is 8. The standard InChI is InChI=1S/C32H31N3O6/c1-20-27(31(36)40-3)29(24-15-10-16-25(17-24)35(38)39)28(21(2)33-20)32(37)41-26-18-34(19-26)30(22-11-6-4-7-12-22)23-13-8-5-9-14-23/h4-17,26,29-30,33H,18-19H2,1-3H3. The van der Waals surface area contributed by atoms with Gasteiger partial charge in [0.1, 0.15) is 6.10 Å². The number of nitro groups is 1. The van der Waals surface area contributed by atoms with Gasteiger partial charge in [-0.25, -0.2) is 9.59 Å². The van der Waals surface area contributed by atoms with Crippen molar-refractivity contribution in [2.75, 3.05) is 20.2 Å². The molecule has 210 valence electrons. The van der Waals surface area contributed by atoms with Crippen LogP contribution >= 0.6 is 0 Å². The van der Waals surface area contributed by atoms with E-state index in [1.54, 1.807) is 19.9 Å². The molecule has 5 rings (SSSR count). The molecule has 1 unspecified atom stereocenters. The van der Waals surface area contributed by atoms with Crippen LogP contribution in [0.1, 0.15) is 42.5 Å². The van der Waals surface area contributed by atoms with Crippen LogP contribution in [0.5, 0.6) is 0 Å². The molecule has 0 amide bonds. The second-order valence-corrected chi connectivity index (χ2v) is 10.2.